The van der Waals surface area contributed by atoms with Crippen LogP contribution >= 0.6 is 11.6 Å². The van der Waals surface area contributed by atoms with Crippen molar-refractivity contribution in [1.29, 1.82) is 0 Å². The molecule has 1 amide bonds. The molecule has 4 heterocycles. The zero-order valence-corrected chi connectivity index (χ0v) is 28.7. The van der Waals surface area contributed by atoms with Gasteiger partial charge in [0.05, 0.1) is 27.5 Å². The van der Waals surface area contributed by atoms with Crippen LogP contribution in [0.15, 0.2) is 41.2 Å². The largest absolute Gasteiger partial charge is 0.444 e. The van der Waals surface area contributed by atoms with Gasteiger partial charge in [0, 0.05) is 36.4 Å². The Labute approximate surface area is 274 Å². The molecule has 4 aromatic rings. The number of piperazine rings is 1. The molecule has 2 atom stereocenters. The molecule has 46 heavy (non-hydrogen) atoms. The first kappa shape index (κ1) is 33.3. The lowest BCUT2D eigenvalue weighted by Gasteiger charge is -2.44. The van der Waals surface area contributed by atoms with E-state index in [-0.39, 0.29) is 34.3 Å². The summed E-state index contributed by atoms with van der Waals surface area (Å²) in [6.07, 6.45) is 0.350. The summed E-state index contributed by atoms with van der Waals surface area (Å²) in [5.41, 5.74) is 2.68. The molecule has 0 saturated carbocycles. The van der Waals surface area contributed by atoms with Crippen molar-refractivity contribution in [2.45, 2.75) is 92.3 Å². The second-order valence-electron chi connectivity index (χ2n) is 13.4. The number of rotatable bonds is 5. The Balaban J connectivity index is 1.76. The number of carbonyl (C=O) groups is 1. The highest BCUT2D eigenvalue weighted by Gasteiger charge is 2.36. The van der Waals surface area contributed by atoms with Gasteiger partial charge in [-0.15, -0.1) is 0 Å². The highest BCUT2D eigenvalue weighted by atomic mass is 35.5. The molecular weight excluding hydrogens is 607 g/mol. The van der Waals surface area contributed by atoms with Crippen LogP contribution in [0.5, 0.6) is 0 Å². The quantitative estimate of drug-likeness (QED) is 0.222. The maximum atomic E-state index is 15.1. The smallest absolute Gasteiger partial charge is 0.410 e. The zero-order chi connectivity index (χ0) is 33.7. The third-order valence-corrected chi connectivity index (χ3v) is 8.50. The van der Waals surface area contributed by atoms with Crippen molar-refractivity contribution < 1.29 is 13.9 Å². The number of pyridine rings is 2. The van der Waals surface area contributed by atoms with Crippen molar-refractivity contribution in [3.05, 3.63) is 74.7 Å². The first-order valence-electron chi connectivity index (χ1n) is 15.8. The van der Waals surface area contributed by atoms with Gasteiger partial charge in [0.1, 0.15) is 17.2 Å². The number of hydrogen-bond donors (Lipinski definition) is 0. The summed E-state index contributed by atoms with van der Waals surface area (Å²) in [6.45, 7) is 18.2. The SMILES string of the molecule is CCc1cc(C)c(-n2c(=O)nc(N3C[C@@H](C)N(C(=O)OC(C)(C)C)C[C@@H]3C)c3cc(Cl)c(-c4ccccc4F)nc32)c(C(C)C)n1. The number of amides is 1. The molecule has 9 nitrogen and oxygen atoms in total. The predicted octanol–water partition coefficient (Wildman–Crippen LogP) is 7.46. The first-order chi connectivity index (χ1) is 21.6. The van der Waals surface area contributed by atoms with Crippen LogP contribution in [0.3, 0.4) is 0 Å². The maximum Gasteiger partial charge on any atom is 0.410 e. The van der Waals surface area contributed by atoms with Gasteiger partial charge in [0.2, 0.25) is 0 Å². The Hall–Kier alpha value is -4.05. The molecule has 244 valence electrons. The van der Waals surface area contributed by atoms with E-state index in [4.69, 9.17) is 26.3 Å². The van der Waals surface area contributed by atoms with E-state index in [0.717, 1.165) is 23.4 Å². The summed E-state index contributed by atoms with van der Waals surface area (Å²) >= 11 is 6.86. The number of anilines is 1. The predicted molar refractivity (Wildman–Crippen MR) is 181 cm³/mol. The lowest BCUT2D eigenvalue weighted by atomic mass is 10.0. The fraction of sp³-hybridized carbons (Fsp3) is 0.457. The standard InChI is InChI=1S/C35H42ClFN6O3/c1-10-23-15-20(4)30(28(38-23)19(2)3)43-32-25(16-26(36)29(39-32)24-13-11-12-14-27(24)37)31(40-33(43)44)41-17-22(6)42(18-21(41)5)34(45)46-35(7,8)9/h11-16,19,21-22H,10,17-18H2,1-9H3/t21-,22+/m0/s1. The third-order valence-electron chi connectivity index (χ3n) is 8.21. The van der Waals surface area contributed by atoms with Gasteiger partial charge in [-0.25, -0.2) is 23.5 Å². The van der Waals surface area contributed by atoms with Gasteiger partial charge in [0.15, 0.2) is 5.65 Å². The summed E-state index contributed by atoms with van der Waals surface area (Å²) in [7, 11) is 0. The van der Waals surface area contributed by atoms with Gasteiger partial charge in [-0.3, -0.25) is 4.98 Å². The minimum atomic E-state index is -0.630. The molecular formula is C35H42ClFN6O3. The molecule has 1 aliphatic rings. The third kappa shape index (κ3) is 6.32. The van der Waals surface area contributed by atoms with Crippen molar-refractivity contribution in [2.75, 3.05) is 18.0 Å². The van der Waals surface area contributed by atoms with E-state index in [1.165, 1.54) is 10.6 Å². The summed E-state index contributed by atoms with van der Waals surface area (Å²) in [4.78, 5) is 45.5. The van der Waals surface area contributed by atoms with Crippen molar-refractivity contribution >= 4 is 34.5 Å². The average molecular weight is 649 g/mol. The fourth-order valence-corrected chi connectivity index (χ4v) is 6.25. The minimum Gasteiger partial charge on any atom is -0.444 e. The van der Waals surface area contributed by atoms with Crippen molar-refractivity contribution in [2.24, 2.45) is 0 Å². The molecule has 1 fully saturated rings. The number of halogens is 2. The molecule has 1 saturated heterocycles. The lowest BCUT2D eigenvalue weighted by Crippen LogP contribution is -2.59. The Morgan fingerprint density at radius 1 is 1.09 bits per heavy atom. The highest BCUT2D eigenvalue weighted by molar-refractivity contribution is 6.33. The van der Waals surface area contributed by atoms with Gasteiger partial charge < -0.3 is 14.5 Å². The fourth-order valence-electron chi connectivity index (χ4n) is 6.00. The average Bonchev–Trinajstić information content (AvgIpc) is 2.97. The molecule has 0 radical (unpaired) electrons. The van der Waals surface area contributed by atoms with E-state index in [9.17, 15) is 9.59 Å². The van der Waals surface area contributed by atoms with E-state index >= 15 is 4.39 Å². The topological polar surface area (TPSA) is 93.5 Å². The number of hydrogen-bond acceptors (Lipinski definition) is 7. The molecule has 11 heteroatoms. The number of aromatic nitrogens is 4. The van der Waals surface area contributed by atoms with Gasteiger partial charge in [-0.05, 0) is 83.7 Å². The zero-order valence-electron chi connectivity index (χ0n) is 28.0. The van der Waals surface area contributed by atoms with Crippen LogP contribution in [0.4, 0.5) is 15.0 Å². The molecule has 0 aliphatic carbocycles. The van der Waals surface area contributed by atoms with Crippen LogP contribution in [0.1, 0.15) is 78.3 Å². The molecule has 3 aromatic heterocycles. The van der Waals surface area contributed by atoms with Gasteiger partial charge >= 0.3 is 11.8 Å². The van der Waals surface area contributed by atoms with Crippen LogP contribution in [0.2, 0.25) is 5.02 Å². The van der Waals surface area contributed by atoms with Crippen molar-refractivity contribution in [1.82, 2.24) is 24.4 Å². The number of benzene rings is 1. The Morgan fingerprint density at radius 3 is 2.41 bits per heavy atom. The molecule has 0 unspecified atom stereocenters. The Bertz CT molecular complexity index is 1870. The van der Waals surface area contributed by atoms with E-state index < -0.39 is 23.2 Å². The maximum absolute atomic E-state index is 15.1. The van der Waals surface area contributed by atoms with Crippen molar-refractivity contribution in [3.63, 3.8) is 0 Å². The van der Waals surface area contributed by atoms with E-state index in [1.54, 1.807) is 29.2 Å². The molecule has 0 bridgehead atoms. The van der Waals surface area contributed by atoms with Crippen molar-refractivity contribution in [3.8, 4) is 16.9 Å². The molecule has 1 aromatic carbocycles. The van der Waals surface area contributed by atoms with Crippen LogP contribution in [-0.2, 0) is 11.2 Å². The van der Waals surface area contributed by atoms with Gasteiger partial charge in [0.25, 0.3) is 0 Å². The molecule has 5 rings (SSSR count). The van der Waals surface area contributed by atoms with Crippen LogP contribution in [0, 0.1) is 12.7 Å². The minimum absolute atomic E-state index is 0.0121. The second-order valence-corrected chi connectivity index (χ2v) is 13.8. The second kappa shape index (κ2) is 12.6. The normalized spacial score (nSPS) is 17.2. The summed E-state index contributed by atoms with van der Waals surface area (Å²) in [5.74, 6) is -0.0917. The van der Waals surface area contributed by atoms with E-state index in [2.05, 4.69) is 4.98 Å². The molecule has 0 N–H and O–H groups in total. The number of nitrogens with zero attached hydrogens (tertiary/aromatic N) is 6. The summed E-state index contributed by atoms with van der Waals surface area (Å²) in [5, 5.41) is 0.752. The summed E-state index contributed by atoms with van der Waals surface area (Å²) in [6, 6.07) is 9.50. The highest BCUT2D eigenvalue weighted by Crippen LogP contribution is 2.37. The Morgan fingerprint density at radius 2 is 1.78 bits per heavy atom. The lowest BCUT2D eigenvalue weighted by molar-refractivity contribution is 0.0130. The first-order valence-corrected chi connectivity index (χ1v) is 16.1. The Kier molecular flexibility index (Phi) is 9.14. The number of fused-ring (bicyclic) bond motifs is 1. The van der Waals surface area contributed by atoms with Crippen LogP contribution in [-0.4, -0.2) is 61.3 Å². The van der Waals surface area contributed by atoms with Gasteiger partial charge in [-0.1, -0.05) is 44.5 Å². The number of aryl methyl sites for hydroxylation is 2. The summed E-state index contributed by atoms with van der Waals surface area (Å²) < 4.78 is 22.3. The van der Waals surface area contributed by atoms with Crippen LogP contribution in [0.25, 0.3) is 28.0 Å². The molecule has 1 aliphatic heterocycles. The van der Waals surface area contributed by atoms with Crippen LogP contribution < -0.4 is 10.6 Å². The molecule has 0 spiro atoms. The number of ether oxygens (including phenoxy) is 1. The van der Waals surface area contributed by atoms with E-state index in [0.29, 0.717) is 35.6 Å². The number of carbonyl (C=O) groups excluding carboxylic acids is 1. The monoisotopic (exact) mass is 648 g/mol. The van der Waals surface area contributed by atoms with Gasteiger partial charge in [-0.2, -0.15) is 4.98 Å². The van der Waals surface area contributed by atoms with E-state index in [1.807, 2.05) is 73.3 Å².